The van der Waals surface area contributed by atoms with Crippen LogP contribution in [0.1, 0.15) is 16.7 Å². The van der Waals surface area contributed by atoms with Crippen molar-refractivity contribution in [3.05, 3.63) is 91.0 Å². The van der Waals surface area contributed by atoms with Crippen LogP contribution >= 0.6 is 43.6 Å². The van der Waals surface area contributed by atoms with E-state index in [1.165, 1.54) is 19.3 Å². The molecule has 41 heavy (non-hydrogen) atoms. The number of hydrogen-bond acceptors (Lipinski definition) is 6. The molecule has 0 atom stereocenters. The molecule has 4 rings (SSSR count). The maximum atomic E-state index is 13.9. The number of carbonyl (C=O) groups excluding carboxylic acids is 3. The highest BCUT2D eigenvalue weighted by molar-refractivity contribution is 9.11. The van der Waals surface area contributed by atoms with Crippen molar-refractivity contribution in [2.45, 2.75) is 12.8 Å². The summed E-state index contributed by atoms with van der Waals surface area (Å²) in [5, 5.41) is 1.54. The molecule has 0 saturated carbocycles. The van der Waals surface area contributed by atoms with Crippen LogP contribution < -0.4 is 14.8 Å². The van der Waals surface area contributed by atoms with Crippen molar-refractivity contribution in [3.8, 4) is 11.5 Å². The minimum Gasteiger partial charge on any atom is -0.495 e. The second-order valence-electron chi connectivity index (χ2n) is 8.42. The number of methoxy groups -OCH3 is 1. The van der Waals surface area contributed by atoms with Crippen molar-refractivity contribution in [1.29, 1.82) is 0 Å². The van der Waals surface area contributed by atoms with E-state index in [9.17, 15) is 31.9 Å². The molecule has 0 unspecified atom stereocenters. The number of carbonyl (C=O) groups is 3. The van der Waals surface area contributed by atoms with E-state index in [4.69, 9.17) is 9.47 Å². The van der Waals surface area contributed by atoms with Gasteiger partial charge in [-0.15, -0.1) is 0 Å². The number of anilines is 1. The summed E-state index contributed by atoms with van der Waals surface area (Å²) >= 11 is 7.39. The number of ether oxygens (including phenoxy) is 2. The molecule has 1 N–H and O–H groups in total. The Labute approximate surface area is 252 Å². The zero-order valence-electron chi connectivity index (χ0n) is 20.9. The summed E-state index contributed by atoms with van der Waals surface area (Å²) in [6.07, 6.45) is -3.22. The van der Waals surface area contributed by atoms with Gasteiger partial charge in [-0.25, -0.2) is 4.39 Å². The van der Waals surface area contributed by atoms with Crippen LogP contribution in [-0.2, 0) is 22.4 Å². The minimum atomic E-state index is -4.66. The molecule has 1 fully saturated rings. The molecule has 0 spiro atoms. The number of hydrogen-bond donors (Lipinski definition) is 1. The molecule has 0 bridgehead atoms. The van der Waals surface area contributed by atoms with Gasteiger partial charge >= 0.3 is 6.18 Å². The molecule has 1 aliphatic rings. The van der Waals surface area contributed by atoms with Crippen molar-refractivity contribution in [3.63, 3.8) is 0 Å². The lowest BCUT2D eigenvalue weighted by molar-refractivity contribution is -0.137. The van der Waals surface area contributed by atoms with Crippen LogP contribution in [0.25, 0.3) is 6.08 Å². The molecule has 0 radical (unpaired) electrons. The van der Waals surface area contributed by atoms with Crippen LogP contribution in [-0.4, -0.2) is 35.6 Å². The fourth-order valence-corrected chi connectivity index (χ4v) is 5.96. The summed E-state index contributed by atoms with van der Waals surface area (Å²) in [6.45, 7) is -0.756. The third kappa shape index (κ3) is 7.29. The van der Waals surface area contributed by atoms with Crippen LogP contribution in [0.5, 0.6) is 11.5 Å². The number of alkyl halides is 3. The summed E-state index contributed by atoms with van der Waals surface area (Å²) < 4.78 is 65.0. The topological polar surface area (TPSA) is 84.9 Å². The minimum absolute atomic E-state index is 0.0262. The van der Waals surface area contributed by atoms with Crippen LogP contribution in [0.3, 0.4) is 0 Å². The van der Waals surface area contributed by atoms with Crippen molar-refractivity contribution in [2.75, 3.05) is 19.0 Å². The van der Waals surface area contributed by atoms with E-state index in [0.717, 1.165) is 12.1 Å². The average molecular weight is 718 g/mol. The van der Waals surface area contributed by atoms with E-state index >= 15 is 0 Å². The highest BCUT2D eigenvalue weighted by Gasteiger charge is 2.37. The molecule has 0 aromatic heterocycles. The molecule has 1 heterocycles. The average Bonchev–Trinajstić information content (AvgIpc) is 3.15. The first kappa shape index (κ1) is 30.6. The Balaban J connectivity index is 1.46. The first-order valence-electron chi connectivity index (χ1n) is 11.5. The van der Waals surface area contributed by atoms with Gasteiger partial charge in [0.05, 0.1) is 32.2 Å². The second-order valence-corrected chi connectivity index (χ2v) is 11.1. The summed E-state index contributed by atoms with van der Waals surface area (Å²) in [7, 11) is 1.22. The van der Waals surface area contributed by atoms with Crippen molar-refractivity contribution in [1.82, 2.24) is 4.90 Å². The third-order valence-electron chi connectivity index (χ3n) is 5.62. The highest BCUT2D eigenvalue weighted by Crippen LogP contribution is 2.39. The fraction of sp³-hybridized carbons (Fsp3) is 0.148. The zero-order chi connectivity index (χ0) is 29.9. The molecule has 0 aliphatic carbocycles. The van der Waals surface area contributed by atoms with E-state index in [0.29, 0.717) is 48.6 Å². The Kier molecular flexibility index (Phi) is 9.44. The van der Waals surface area contributed by atoms with E-state index in [2.05, 4.69) is 37.2 Å². The Morgan fingerprint density at radius 1 is 1.07 bits per heavy atom. The maximum Gasteiger partial charge on any atom is 0.416 e. The van der Waals surface area contributed by atoms with Crippen molar-refractivity contribution >= 4 is 72.4 Å². The van der Waals surface area contributed by atoms with E-state index in [1.54, 1.807) is 30.3 Å². The van der Waals surface area contributed by atoms with E-state index < -0.39 is 41.2 Å². The molecule has 1 saturated heterocycles. The van der Waals surface area contributed by atoms with Crippen LogP contribution in [0.2, 0.25) is 0 Å². The van der Waals surface area contributed by atoms with Gasteiger partial charge in [0.15, 0.2) is 0 Å². The molecule has 14 heteroatoms. The first-order valence-corrected chi connectivity index (χ1v) is 13.9. The number of amides is 3. The first-order chi connectivity index (χ1) is 19.4. The molecule has 7 nitrogen and oxygen atoms in total. The third-order valence-corrected chi connectivity index (χ3v) is 7.71. The van der Waals surface area contributed by atoms with Crippen LogP contribution in [0.15, 0.2) is 68.4 Å². The Hall–Kier alpha value is -3.36. The molecule has 214 valence electrons. The number of halogens is 6. The van der Waals surface area contributed by atoms with Crippen molar-refractivity contribution < 1.29 is 41.4 Å². The quantitative estimate of drug-likeness (QED) is 0.191. The van der Waals surface area contributed by atoms with E-state index in [1.807, 2.05) is 0 Å². The van der Waals surface area contributed by atoms with Gasteiger partial charge in [-0.2, -0.15) is 13.2 Å². The maximum absolute atomic E-state index is 13.9. The Morgan fingerprint density at radius 2 is 1.76 bits per heavy atom. The molecule has 1 aliphatic heterocycles. The summed E-state index contributed by atoms with van der Waals surface area (Å²) in [6, 6.07) is 12.0. The van der Waals surface area contributed by atoms with Gasteiger partial charge in [-0.1, -0.05) is 18.2 Å². The predicted molar refractivity (Wildman–Crippen MR) is 152 cm³/mol. The predicted octanol–water partition coefficient (Wildman–Crippen LogP) is 7.63. The summed E-state index contributed by atoms with van der Waals surface area (Å²) in [4.78, 5) is 38.7. The number of thioether (sulfide) groups is 1. The fourth-order valence-electron chi connectivity index (χ4n) is 3.67. The van der Waals surface area contributed by atoms with Gasteiger partial charge in [-0.3, -0.25) is 19.3 Å². The van der Waals surface area contributed by atoms with Crippen LogP contribution in [0, 0.1) is 5.82 Å². The lowest BCUT2D eigenvalue weighted by Crippen LogP contribution is -2.36. The standard InChI is InChI=1S/C27H18Br2F4N2O5S/c1-39-21-7-6-16(27(31,32)33)11-20(21)34-23(36)12-35-25(37)22(41-26(35)38)10-14-8-17(28)24(18(29)9-14)40-13-15-4-2-3-5-19(15)30/h2-11H,12-13H2,1H3,(H,34,36)/b22-10-. The van der Waals surface area contributed by atoms with Gasteiger partial charge in [0, 0.05) is 5.56 Å². The molecule has 3 aromatic rings. The Morgan fingerprint density at radius 3 is 2.39 bits per heavy atom. The lowest BCUT2D eigenvalue weighted by atomic mass is 10.1. The second kappa shape index (κ2) is 12.7. The molecule has 3 amide bonds. The zero-order valence-corrected chi connectivity index (χ0v) is 24.8. The van der Waals surface area contributed by atoms with E-state index in [-0.39, 0.29) is 22.9 Å². The van der Waals surface area contributed by atoms with Gasteiger partial charge in [0.1, 0.15) is 30.5 Å². The number of rotatable bonds is 8. The summed E-state index contributed by atoms with van der Waals surface area (Å²) in [5.41, 5.74) is -0.407. The molecule has 3 aromatic carbocycles. The number of nitrogens with one attached hydrogen (secondary N) is 1. The largest absolute Gasteiger partial charge is 0.495 e. The number of nitrogens with zero attached hydrogens (tertiary/aromatic N) is 1. The monoisotopic (exact) mass is 716 g/mol. The smallest absolute Gasteiger partial charge is 0.416 e. The molecular weight excluding hydrogens is 700 g/mol. The number of imide groups is 1. The number of benzene rings is 3. The lowest BCUT2D eigenvalue weighted by Gasteiger charge is -2.16. The molecular formula is C27H18Br2F4N2O5S. The normalized spacial score (nSPS) is 14.5. The van der Waals surface area contributed by atoms with Crippen molar-refractivity contribution in [2.24, 2.45) is 0 Å². The van der Waals surface area contributed by atoms with Gasteiger partial charge in [0.2, 0.25) is 5.91 Å². The highest BCUT2D eigenvalue weighted by atomic mass is 79.9. The van der Waals surface area contributed by atoms with Crippen LogP contribution in [0.4, 0.5) is 28.0 Å². The SMILES string of the molecule is COc1ccc(C(F)(F)F)cc1NC(=O)CN1C(=O)S/C(=C\c2cc(Br)c(OCc3ccccc3F)c(Br)c2)C1=O. The summed E-state index contributed by atoms with van der Waals surface area (Å²) in [5.74, 6) is -1.70. The van der Waals surface area contributed by atoms with Gasteiger partial charge in [0.25, 0.3) is 11.1 Å². The Bertz CT molecular complexity index is 1540. The van der Waals surface area contributed by atoms with Gasteiger partial charge in [-0.05, 0) is 91.7 Å². The van der Waals surface area contributed by atoms with Gasteiger partial charge < -0.3 is 14.8 Å².